The highest BCUT2D eigenvalue weighted by Gasteiger charge is 2.18. The highest BCUT2D eigenvalue weighted by molar-refractivity contribution is 5.88. The third-order valence-corrected chi connectivity index (χ3v) is 4.34. The smallest absolute Gasteiger partial charge is 0.231 e. The highest BCUT2D eigenvalue weighted by atomic mass is 35.5. The third-order valence-electron chi connectivity index (χ3n) is 4.34. The monoisotopic (exact) mass is 375 g/mol. The van der Waals surface area contributed by atoms with Crippen LogP contribution in [0.25, 0.3) is 10.8 Å². The lowest BCUT2D eigenvalue weighted by Gasteiger charge is -2.09. The van der Waals surface area contributed by atoms with E-state index in [0.29, 0.717) is 6.42 Å². The molecule has 0 aliphatic carbocycles. The Morgan fingerprint density at radius 3 is 2.27 bits per heavy atom. The highest BCUT2D eigenvalue weighted by Crippen LogP contribution is 2.38. The van der Waals surface area contributed by atoms with Crippen molar-refractivity contribution in [3.05, 3.63) is 53.3 Å². The molecule has 2 N–H and O–H groups in total. The first kappa shape index (κ1) is 18.1. The van der Waals surface area contributed by atoms with Crippen LogP contribution in [0.4, 0.5) is 0 Å². The number of pyridine rings is 1. The Morgan fingerprint density at radius 2 is 1.50 bits per heavy atom. The molecule has 6 nitrogen and oxygen atoms in total. The molecular formula is C19H18ClNO5. The number of halogens is 1. The Labute approximate surface area is 156 Å². The Bertz CT molecular complexity index is 976. The Balaban J connectivity index is 0.000000980. The molecule has 2 aliphatic heterocycles. The average Bonchev–Trinajstić information content (AvgIpc) is 3.20. The van der Waals surface area contributed by atoms with Gasteiger partial charge in [0.15, 0.2) is 23.0 Å². The van der Waals surface area contributed by atoms with Gasteiger partial charge in [0.25, 0.3) is 0 Å². The van der Waals surface area contributed by atoms with Crippen LogP contribution in [0.5, 0.6) is 23.0 Å². The quantitative estimate of drug-likeness (QED) is 0.687. The van der Waals surface area contributed by atoms with Gasteiger partial charge in [-0.05, 0) is 48.2 Å². The molecule has 2 aliphatic rings. The fourth-order valence-corrected chi connectivity index (χ4v) is 3.24. The summed E-state index contributed by atoms with van der Waals surface area (Å²) in [4.78, 5) is 4.75. The summed E-state index contributed by atoms with van der Waals surface area (Å²) in [5.41, 5.74) is 3.13. The maximum absolute atomic E-state index is 5.52. The number of hydrogen-bond donors (Lipinski definition) is 0. The van der Waals surface area contributed by atoms with Crippen molar-refractivity contribution in [3.63, 3.8) is 0 Å². The molecule has 1 aromatic heterocycles. The van der Waals surface area contributed by atoms with Crippen molar-refractivity contribution in [2.45, 2.75) is 13.3 Å². The molecule has 3 heterocycles. The SMILES string of the molecule is Cc1cc2cc3c(cc2c(Cc2ccc4c(c2)OCO4)n1)OCO3.Cl.O. The second-order valence-electron chi connectivity index (χ2n) is 6.00. The summed E-state index contributed by atoms with van der Waals surface area (Å²) >= 11 is 0. The van der Waals surface area contributed by atoms with Gasteiger partial charge in [-0.15, -0.1) is 12.4 Å². The van der Waals surface area contributed by atoms with E-state index in [2.05, 4.69) is 12.1 Å². The van der Waals surface area contributed by atoms with Crippen LogP contribution in [-0.4, -0.2) is 24.0 Å². The minimum absolute atomic E-state index is 0. The summed E-state index contributed by atoms with van der Waals surface area (Å²) in [5.74, 6) is 3.16. The van der Waals surface area contributed by atoms with E-state index in [9.17, 15) is 0 Å². The van der Waals surface area contributed by atoms with Crippen LogP contribution in [0.2, 0.25) is 0 Å². The standard InChI is InChI=1S/C19H15NO4.ClH.H2O/c1-11-4-13-7-18-19(24-10-23-18)8-14(13)15(20-11)5-12-2-3-16-17(6-12)22-9-21-16;;/h2-4,6-8H,5,9-10H2,1H3;1H;1H2. The van der Waals surface area contributed by atoms with E-state index in [-0.39, 0.29) is 31.5 Å². The molecule has 0 amide bonds. The summed E-state index contributed by atoms with van der Waals surface area (Å²) in [7, 11) is 0. The molecule has 3 aromatic rings. The number of benzene rings is 2. The largest absolute Gasteiger partial charge is 0.454 e. The number of ether oxygens (including phenoxy) is 4. The van der Waals surface area contributed by atoms with Gasteiger partial charge >= 0.3 is 0 Å². The van der Waals surface area contributed by atoms with Gasteiger partial charge < -0.3 is 24.4 Å². The van der Waals surface area contributed by atoms with Crippen LogP contribution < -0.4 is 18.9 Å². The molecule has 0 fully saturated rings. The molecule has 0 spiro atoms. The van der Waals surface area contributed by atoms with Crippen LogP contribution in [0, 0.1) is 6.92 Å². The molecule has 0 radical (unpaired) electrons. The number of hydrogen-bond acceptors (Lipinski definition) is 5. The molecule has 0 saturated heterocycles. The fourth-order valence-electron chi connectivity index (χ4n) is 3.24. The van der Waals surface area contributed by atoms with Gasteiger partial charge in [0.1, 0.15) is 0 Å². The molecule has 5 rings (SSSR count). The molecule has 26 heavy (non-hydrogen) atoms. The van der Waals surface area contributed by atoms with Crippen molar-refractivity contribution in [2.24, 2.45) is 0 Å². The Hall–Kier alpha value is -2.70. The second kappa shape index (κ2) is 6.90. The van der Waals surface area contributed by atoms with Crippen molar-refractivity contribution in [3.8, 4) is 23.0 Å². The Morgan fingerprint density at radius 1 is 0.846 bits per heavy atom. The Kier molecular flexibility index (Phi) is 4.80. The molecule has 0 saturated carbocycles. The van der Waals surface area contributed by atoms with Crippen molar-refractivity contribution in [1.29, 1.82) is 0 Å². The van der Waals surface area contributed by atoms with Crippen molar-refractivity contribution in [2.75, 3.05) is 13.6 Å². The molecule has 7 heteroatoms. The molecule has 0 bridgehead atoms. The lowest BCUT2D eigenvalue weighted by molar-refractivity contribution is 0.173. The summed E-state index contributed by atoms with van der Waals surface area (Å²) in [6.07, 6.45) is 0.717. The minimum atomic E-state index is 0. The number of aryl methyl sites for hydroxylation is 1. The number of fused-ring (bicyclic) bond motifs is 3. The summed E-state index contributed by atoms with van der Waals surface area (Å²) < 4.78 is 21.8. The van der Waals surface area contributed by atoms with E-state index in [4.69, 9.17) is 23.9 Å². The van der Waals surface area contributed by atoms with Gasteiger partial charge in [0, 0.05) is 17.5 Å². The predicted octanol–water partition coefficient (Wildman–Crippen LogP) is 3.19. The van der Waals surface area contributed by atoms with Crippen LogP contribution in [0.15, 0.2) is 36.4 Å². The molecule has 2 aromatic carbocycles. The van der Waals surface area contributed by atoms with E-state index in [0.717, 1.165) is 50.7 Å². The number of rotatable bonds is 2. The van der Waals surface area contributed by atoms with E-state index >= 15 is 0 Å². The lowest BCUT2D eigenvalue weighted by atomic mass is 10.0. The summed E-state index contributed by atoms with van der Waals surface area (Å²) in [6, 6.07) is 12.1. The van der Waals surface area contributed by atoms with Crippen LogP contribution in [-0.2, 0) is 6.42 Å². The lowest BCUT2D eigenvalue weighted by Crippen LogP contribution is -1.97. The van der Waals surface area contributed by atoms with E-state index in [1.807, 2.05) is 31.2 Å². The zero-order chi connectivity index (χ0) is 16.1. The predicted molar refractivity (Wildman–Crippen MR) is 98.8 cm³/mol. The van der Waals surface area contributed by atoms with Gasteiger partial charge in [-0.3, -0.25) is 4.98 Å². The average molecular weight is 376 g/mol. The van der Waals surface area contributed by atoms with Gasteiger partial charge in [-0.2, -0.15) is 0 Å². The zero-order valence-corrected chi connectivity index (χ0v) is 14.9. The summed E-state index contributed by atoms with van der Waals surface area (Å²) in [6.45, 7) is 2.57. The van der Waals surface area contributed by atoms with Gasteiger partial charge in [0.05, 0.1) is 5.69 Å². The minimum Gasteiger partial charge on any atom is -0.454 e. The molecule has 0 unspecified atom stereocenters. The van der Waals surface area contributed by atoms with Crippen molar-refractivity contribution in [1.82, 2.24) is 4.98 Å². The zero-order valence-electron chi connectivity index (χ0n) is 14.1. The maximum atomic E-state index is 5.52. The molecule has 0 atom stereocenters. The van der Waals surface area contributed by atoms with Crippen molar-refractivity contribution < 1.29 is 24.4 Å². The molecule has 136 valence electrons. The first-order valence-electron chi connectivity index (χ1n) is 7.85. The maximum Gasteiger partial charge on any atom is 0.231 e. The molecular weight excluding hydrogens is 358 g/mol. The summed E-state index contributed by atoms with van der Waals surface area (Å²) in [5, 5.41) is 2.20. The van der Waals surface area contributed by atoms with Crippen molar-refractivity contribution >= 4 is 23.2 Å². The van der Waals surface area contributed by atoms with E-state index in [1.54, 1.807) is 0 Å². The van der Waals surface area contributed by atoms with Gasteiger partial charge in [0.2, 0.25) is 13.6 Å². The number of aromatic nitrogens is 1. The van der Waals surface area contributed by atoms with Crippen LogP contribution >= 0.6 is 12.4 Å². The first-order chi connectivity index (χ1) is 11.8. The third kappa shape index (κ3) is 2.98. The fraction of sp³-hybridized carbons (Fsp3) is 0.211. The van der Waals surface area contributed by atoms with Gasteiger partial charge in [-0.1, -0.05) is 6.07 Å². The van der Waals surface area contributed by atoms with Crippen LogP contribution in [0.3, 0.4) is 0 Å². The van der Waals surface area contributed by atoms with E-state index in [1.165, 1.54) is 0 Å². The first-order valence-corrected chi connectivity index (χ1v) is 7.85. The number of nitrogens with zero attached hydrogens (tertiary/aromatic N) is 1. The van der Waals surface area contributed by atoms with Gasteiger partial charge in [-0.25, -0.2) is 0 Å². The normalized spacial score (nSPS) is 13.3. The van der Waals surface area contributed by atoms with Crippen LogP contribution in [0.1, 0.15) is 17.0 Å². The topological polar surface area (TPSA) is 81.3 Å². The second-order valence-corrected chi connectivity index (χ2v) is 6.00. The van der Waals surface area contributed by atoms with E-state index < -0.39 is 0 Å².